The largest absolute Gasteiger partial charge is 0.481 e. The first-order valence-electron chi connectivity index (χ1n) is 27.4. The van der Waals surface area contributed by atoms with Crippen LogP contribution in [0.5, 0.6) is 0 Å². The number of carbonyl (C=O) groups is 3. The molecule has 0 radical (unpaired) electrons. The summed E-state index contributed by atoms with van der Waals surface area (Å²) in [5.74, 6) is -3.85. The van der Waals surface area contributed by atoms with Crippen molar-refractivity contribution in [2.45, 2.75) is 218 Å². The molecule has 0 aromatic carbocycles. The third-order valence-corrected chi connectivity index (χ3v) is 15.7. The molecule has 1 aromatic heterocycles. The predicted molar refractivity (Wildman–Crippen MR) is 284 cm³/mol. The van der Waals surface area contributed by atoms with Crippen LogP contribution in [0.4, 0.5) is 5.82 Å². The molecule has 0 saturated carbocycles. The van der Waals surface area contributed by atoms with Crippen LogP contribution in [0.1, 0.15) is 188 Å². The van der Waals surface area contributed by atoms with Gasteiger partial charge in [0.1, 0.15) is 30.9 Å². The Labute approximate surface area is 444 Å². The number of rotatable bonds is 27. The number of carbonyl (C=O) groups excluding carboxylic acids is 3. The van der Waals surface area contributed by atoms with Gasteiger partial charge < -0.3 is 45.1 Å². The van der Waals surface area contributed by atoms with Crippen molar-refractivity contribution in [2.24, 2.45) is 17.8 Å². The van der Waals surface area contributed by atoms with Gasteiger partial charge in [-0.05, 0) is 50.2 Å². The van der Waals surface area contributed by atoms with E-state index < -0.39 is 107 Å². The third-order valence-electron chi connectivity index (χ3n) is 13.1. The molecule has 0 aliphatic carbocycles. The number of ketones is 1. The van der Waals surface area contributed by atoms with Crippen LogP contribution in [0.15, 0.2) is 53.5 Å². The molecular formula is C53H89N3O17P2. The average Bonchev–Trinajstić information content (AvgIpc) is 3.34. The van der Waals surface area contributed by atoms with Gasteiger partial charge in [0.05, 0.1) is 31.3 Å². The zero-order chi connectivity index (χ0) is 55.1. The fraction of sp³-hybridized carbons (Fsp3) is 0.755. The lowest BCUT2D eigenvalue weighted by molar-refractivity contribution is -0.167. The monoisotopic (exact) mass is 1100 g/mol. The van der Waals surface area contributed by atoms with Crippen LogP contribution in [-0.4, -0.2) is 103 Å². The van der Waals surface area contributed by atoms with Gasteiger partial charge in [0, 0.05) is 25.0 Å². The molecule has 75 heavy (non-hydrogen) atoms. The normalized spacial score (nSPS) is 27.3. The van der Waals surface area contributed by atoms with E-state index in [-0.39, 0.29) is 31.5 Å². The lowest BCUT2D eigenvalue weighted by Crippen LogP contribution is -2.49. The molecular weight excluding hydrogens is 1010 g/mol. The first-order valence-corrected chi connectivity index (χ1v) is 30.4. The number of nitrogen functional groups attached to an aromatic ring is 1. The van der Waals surface area contributed by atoms with Gasteiger partial charge in [-0.15, -0.1) is 0 Å². The minimum atomic E-state index is -5.67. The highest BCUT2D eigenvalue weighted by Crippen LogP contribution is 2.60. The minimum absolute atomic E-state index is 0.0534. The number of nitrogens with zero attached hydrogens (tertiary/aromatic N) is 2. The molecule has 0 saturated heterocycles. The first-order chi connectivity index (χ1) is 35.8. The van der Waals surface area contributed by atoms with E-state index in [0.717, 1.165) is 55.1 Å². The SMILES string of the molecule is CCCCC[C@H](O)C=C[C@H]1C(=O)C=C[C@@H]2CC=CCCCC(=O)O[C@H](COC(=O)CCCCCCCCCCCCCCCCCC(C)C)COP(=O)(O)OP(=O)(O)OC[C@@H](O[C@H]2n2ccc(N)nc2=O)[C@@H](O)[C@H]1O. The zero-order valence-electron chi connectivity index (χ0n) is 44.6. The quantitative estimate of drug-likeness (QED) is 0.0207. The van der Waals surface area contributed by atoms with Crippen molar-refractivity contribution < 1.29 is 76.2 Å². The summed E-state index contributed by atoms with van der Waals surface area (Å²) in [5.41, 5.74) is 4.84. The van der Waals surface area contributed by atoms with Crippen LogP contribution < -0.4 is 11.4 Å². The number of unbranched alkanes of at least 4 members (excludes halogenated alkanes) is 16. The summed E-state index contributed by atoms with van der Waals surface area (Å²) < 4.78 is 59.1. The second kappa shape index (κ2) is 36.7. The number of esters is 2. The van der Waals surface area contributed by atoms with E-state index in [1.165, 1.54) is 101 Å². The van der Waals surface area contributed by atoms with Gasteiger partial charge in [0.25, 0.3) is 0 Å². The highest BCUT2D eigenvalue weighted by atomic mass is 31.3. The Morgan fingerprint density at radius 1 is 0.853 bits per heavy atom. The Morgan fingerprint density at radius 2 is 1.45 bits per heavy atom. The molecule has 0 amide bonds. The number of hydrogen-bond donors (Lipinski definition) is 6. The number of hydrogen-bond acceptors (Lipinski definition) is 17. The number of ether oxygens (including phenoxy) is 3. The summed E-state index contributed by atoms with van der Waals surface area (Å²) in [5, 5.41) is 33.8. The van der Waals surface area contributed by atoms with Gasteiger partial charge in [-0.1, -0.05) is 167 Å². The summed E-state index contributed by atoms with van der Waals surface area (Å²) in [7, 11) is -11.2. The number of cyclic esters (lactones) is 1. The molecule has 3 heterocycles. The maximum atomic E-state index is 13.8. The van der Waals surface area contributed by atoms with Crippen LogP contribution in [-0.2, 0) is 51.1 Å². The fourth-order valence-corrected chi connectivity index (χ4v) is 10.9. The van der Waals surface area contributed by atoms with Gasteiger partial charge in [0.2, 0.25) is 0 Å². The van der Waals surface area contributed by atoms with Crippen LogP contribution >= 0.6 is 15.6 Å². The number of phosphoric ester groups is 2. The topological polar surface area (TPSA) is 303 Å². The second-order valence-electron chi connectivity index (χ2n) is 20.2. The number of anilines is 1. The van der Waals surface area contributed by atoms with Crippen molar-refractivity contribution in [2.75, 3.05) is 25.6 Å². The highest BCUT2D eigenvalue weighted by Gasteiger charge is 2.42. The van der Waals surface area contributed by atoms with Crippen molar-refractivity contribution >= 4 is 39.2 Å². The molecule has 20 nitrogen and oxygen atoms in total. The van der Waals surface area contributed by atoms with Crippen molar-refractivity contribution in [3.8, 4) is 0 Å². The summed E-state index contributed by atoms with van der Waals surface area (Å²) >= 11 is 0. The number of nitrogens with two attached hydrogens (primary N) is 1. The van der Waals surface area contributed by atoms with Crippen molar-refractivity contribution in [1.82, 2.24) is 9.55 Å². The number of allylic oxidation sites excluding steroid dienone is 3. The fourth-order valence-electron chi connectivity index (χ4n) is 8.76. The van der Waals surface area contributed by atoms with E-state index in [4.69, 9.17) is 29.0 Å². The van der Waals surface area contributed by atoms with Crippen LogP contribution in [0.3, 0.4) is 0 Å². The van der Waals surface area contributed by atoms with E-state index in [1.807, 2.05) is 6.92 Å². The molecule has 3 rings (SSSR count). The smallest absolute Gasteiger partial charge is 0.462 e. The van der Waals surface area contributed by atoms with E-state index in [9.17, 15) is 53.4 Å². The minimum Gasteiger partial charge on any atom is -0.462 e. The Kier molecular flexibility index (Phi) is 32.2. The van der Waals surface area contributed by atoms with E-state index in [2.05, 4.69) is 23.1 Å². The molecule has 2 bridgehead atoms. The van der Waals surface area contributed by atoms with Crippen LogP contribution in [0, 0.1) is 17.8 Å². The standard InChI is InChI=1S/C53H89N3O17P2/c1-4-5-21-28-42(57)32-33-44-45(58)34-31-41-27-23-19-20-25-30-49(60)71-43(37-68-48(59)29-24-18-16-14-12-10-8-6-7-9-11-13-15-17-22-26-40(2)3)38-69-74(64,65)73-75(66,67)70-39-46(51(62)50(44)61)72-52(41)56-36-35-47(54)55-53(56)63/h19,23,31-36,40-44,46,50-52,57,61-62H,4-18,20-22,24-30,37-39H2,1-3H3,(H,64,65)(H,66,67)(H2,54,55,63)/t41-,42-,43+,44-,46+,50-,51+,52+/m0/s1. The Bertz CT molecular complexity index is 2070. The molecule has 22 heteroatoms. The number of phosphoric acid groups is 2. The van der Waals surface area contributed by atoms with Crippen molar-refractivity contribution in [3.05, 3.63) is 59.2 Å². The van der Waals surface area contributed by atoms with E-state index in [0.29, 0.717) is 25.7 Å². The number of aliphatic hydroxyl groups is 3. The number of aromatic nitrogens is 2. The lowest BCUT2D eigenvalue weighted by Gasteiger charge is -2.36. The van der Waals surface area contributed by atoms with Gasteiger partial charge >= 0.3 is 33.3 Å². The molecule has 2 aliphatic rings. The number of fused-ring (bicyclic) bond motifs is 3. The van der Waals surface area contributed by atoms with E-state index in [1.54, 1.807) is 12.2 Å². The first kappa shape index (κ1) is 65.9. The van der Waals surface area contributed by atoms with Crippen molar-refractivity contribution in [3.63, 3.8) is 0 Å². The van der Waals surface area contributed by atoms with Gasteiger partial charge in [-0.3, -0.25) is 28.0 Å². The Balaban J connectivity index is 1.68. The zero-order valence-corrected chi connectivity index (χ0v) is 46.4. The molecule has 10 atom stereocenters. The summed E-state index contributed by atoms with van der Waals surface area (Å²) in [6.45, 7) is 3.92. The Hall–Kier alpha value is -3.39. The maximum absolute atomic E-state index is 13.8. The summed E-state index contributed by atoms with van der Waals surface area (Å²) in [4.78, 5) is 77.9. The molecule has 0 spiro atoms. The molecule has 7 N–H and O–H groups in total. The van der Waals surface area contributed by atoms with Crippen LogP contribution in [0.25, 0.3) is 0 Å². The maximum Gasteiger partial charge on any atom is 0.481 e. The Morgan fingerprint density at radius 3 is 2.07 bits per heavy atom. The third kappa shape index (κ3) is 28.2. The molecule has 2 aliphatic heterocycles. The van der Waals surface area contributed by atoms with Gasteiger partial charge in [-0.2, -0.15) is 9.29 Å². The van der Waals surface area contributed by atoms with Crippen LogP contribution in [0.2, 0.25) is 0 Å². The summed E-state index contributed by atoms with van der Waals surface area (Å²) in [6, 6.07) is 1.28. The molecule has 1 aromatic rings. The highest BCUT2D eigenvalue weighted by molar-refractivity contribution is 7.61. The lowest BCUT2D eigenvalue weighted by atomic mass is 9.88. The van der Waals surface area contributed by atoms with Gasteiger partial charge in [0.15, 0.2) is 11.9 Å². The van der Waals surface area contributed by atoms with Crippen molar-refractivity contribution in [1.29, 1.82) is 0 Å². The van der Waals surface area contributed by atoms with E-state index >= 15 is 0 Å². The molecule has 428 valence electrons. The second-order valence-corrected chi connectivity index (χ2v) is 23.3. The average molecular weight is 1100 g/mol. The summed E-state index contributed by atoms with van der Waals surface area (Å²) in [6.07, 6.45) is 22.1. The number of aliphatic hydroxyl groups excluding tert-OH is 3. The molecule has 2 unspecified atom stereocenters. The predicted octanol–water partition coefficient (Wildman–Crippen LogP) is 9.42. The molecule has 0 fully saturated rings. The van der Waals surface area contributed by atoms with Gasteiger partial charge in [-0.25, -0.2) is 13.9 Å².